The van der Waals surface area contributed by atoms with E-state index in [0.29, 0.717) is 17.2 Å². The number of nitrogens with one attached hydrogen (secondary N) is 1. The smallest absolute Gasteiger partial charge is 0.272 e. The summed E-state index contributed by atoms with van der Waals surface area (Å²) in [5, 5.41) is 2.99. The lowest BCUT2D eigenvalue weighted by atomic mass is 9.86. The molecule has 0 spiro atoms. The molecule has 1 aromatic heterocycles. The Kier molecular flexibility index (Phi) is 5.82. The van der Waals surface area contributed by atoms with Crippen LogP contribution in [0.25, 0.3) is 0 Å². The van der Waals surface area contributed by atoms with E-state index in [1.807, 2.05) is 29.2 Å². The number of carbonyl (C=O) groups is 2. The molecule has 2 aromatic rings. The maximum Gasteiger partial charge on any atom is 0.272 e. The lowest BCUT2D eigenvalue weighted by Gasteiger charge is -2.30. The van der Waals surface area contributed by atoms with Crippen molar-refractivity contribution >= 4 is 17.5 Å². The summed E-state index contributed by atoms with van der Waals surface area (Å²) >= 11 is 0. The zero-order valence-corrected chi connectivity index (χ0v) is 17.2. The molecule has 5 heteroatoms. The van der Waals surface area contributed by atoms with Crippen LogP contribution in [0.5, 0.6) is 0 Å². The van der Waals surface area contributed by atoms with Crippen LogP contribution in [-0.4, -0.2) is 34.8 Å². The minimum absolute atomic E-state index is 0.0886. The van der Waals surface area contributed by atoms with Gasteiger partial charge in [-0.1, -0.05) is 45.9 Å². The van der Waals surface area contributed by atoms with E-state index in [1.165, 1.54) is 6.20 Å². The minimum atomic E-state index is -0.236. The van der Waals surface area contributed by atoms with Crippen molar-refractivity contribution in [1.82, 2.24) is 9.88 Å². The van der Waals surface area contributed by atoms with Gasteiger partial charge in [0.25, 0.3) is 11.8 Å². The molecule has 148 valence electrons. The van der Waals surface area contributed by atoms with E-state index in [2.05, 4.69) is 38.0 Å². The van der Waals surface area contributed by atoms with Gasteiger partial charge in [0.05, 0.1) is 0 Å². The predicted octanol–water partition coefficient (Wildman–Crippen LogP) is 4.50. The van der Waals surface area contributed by atoms with Gasteiger partial charge in [0.2, 0.25) is 0 Å². The molecule has 2 heterocycles. The van der Waals surface area contributed by atoms with Gasteiger partial charge in [-0.2, -0.15) is 0 Å². The molecule has 1 N–H and O–H groups in total. The molecule has 0 bridgehead atoms. The fourth-order valence-corrected chi connectivity index (χ4v) is 3.50. The highest BCUT2D eigenvalue weighted by Gasteiger charge is 2.23. The van der Waals surface area contributed by atoms with Crippen molar-refractivity contribution in [2.45, 2.75) is 46.0 Å². The molecule has 1 aliphatic rings. The third-order valence-electron chi connectivity index (χ3n) is 5.30. The Morgan fingerprint density at radius 3 is 2.46 bits per heavy atom. The van der Waals surface area contributed by atoms with Gasteiger partial charge in [-0.25, -0.2) is 0 Å². The fourth-order valence-electron chi connectivity index (χ4n) is 3.50. The summed E-state index contributed by atoms with van der Waals surface area (Å²) in [6.07, 6.45) is 3.55. The quantitative estimate of drug-likeness (QED) is 0.854. The van der Waals surface area contributed by atoms with Crippen molar-refractivity contribution in [1.29, 1.82) is 0 Å². The van der Waals surface area contributed by atoms with E-state index in [-0.39, 0.29) is 17.2 Å². The second-order valence-corrected chi connectivity index (χ2v) is 8.65. The summed E-state index contributed by atoms with van der Waals surface area (Å²) in [7, 11) is 0. The van der Waals surface area contributed by atoms with Crippen LogP contribution in [0, 0.1) is 5.92 Å². The molecule has 1 aliphatic heterocycles. The largest absolute Gasteiger partial charge is 0.337 e. The van der Waals surface area contributed by atoms with Gasteiger partial charge < -0.3 is 10.2 Å². The van der Waals surface area contributed by atoms with Crippen LogP contribution in [0.4, 0.5) is 5.69 Å². The van der Waals surface area contributed by atoms with E-state index in [4.69, 9.17) is 0 Å². The van der Waals surface area contributed by atoms with Crippen LogP contribution in [-0.2, 0) is 5.41 Å². The monoisotopic (exact) mass is 379 g/mol. The number of likely N-dealkylation sites (tertiary alicyclic amines) is 1. The molecule has 0 unspecified atom stereocenters. The Morgan fingerprint density at radius 2 is 1.79 bits per heavy atom. The van der Waals surface area contributed by atoms with Crippen molar-refractivity contribution in [2.24, 2.45) is 5.92 Å². The van der Waals surface area contributed by atoms with Gasteiger partial charge in [0.1, 0.15) is 5.69 Å². The molecular formula is C23H29N3O2. The van der Waals surface area contributed by atoms with Gasteiger partial charge >= 0.3 is 0 Å². The molecule has 0 atom stereocenters. The van der Waals surface area contributed by atoms with Crippen molar-refractivity contribution in [2.75, 3.05) is 18.4 Å². The van der Waals surface area contributed by atoms with E-state index in [9.17, 15) is 9.59 Å². The fraction of sp³-hybridized carbons (Fsp3) is 0.435. The molecule has 2 amide bonds. The van der Waals surface area contributed by atoms with Crippen LogP contribution in [0.15, 0.2) is 42.6 Å². The third kappa shape index (κ3) is 4.58. The zero-order valence-electron chi connectivity index (χ0n) is 17.2. The Hall–Kier alpha value is -2.69. The predicted molar refractivity (Wildman–Crippen MR) is 112 cm³/mol. The average molecular weight is 380 g/mol. The first kappa shape index (κ1) is 20.1. The maximum absolute atomic E-state index is 12.8. The van der Waals surface area contributed by atoms with Gasteiger partial charge in [-0.05, 0) is 47.9 Å². The first-order valence-electron chi connectivity index (χ1n) is 9.92. The molecule has 1 fully saturated rings. The summed E-state index contributed by atoms with van der Waals surface area (Å²) in [5.41, 5.74) is 2.53. The lowest BCUT2D eigenvalue weighted by Crippen LogP contribution is -2.38. The van der Waals surface area contributed by atoms with E-state index in [1.54, 1.807) is 12.1 Å². The maximum atomic E-state index is 12.8. The number of nitrogens with zero attached hydrogens (tertiary/aromatic N) is 2. The highest BCUT2D eigenvalue weighted by molar-refractivity contribution is 6.06. The Labute approximate surface area is 167 Å². The second kappa shape index (κ2) is 8.13. The molecule has 0 aliphatic carbocycles. The van der Waals surface area contributed by atoms with Crippen molar-refractivity contribution in [3.05, 3.63) is 59.4 Å². The van der Waals surface area contributed by atoms with Crippen LogP contribution in [0.1, 0.15) is 66.9 Å². The summed E-state index contributed by atoms with van der Waals surface area (Å²) in [6.45, 7) is 10.0. The van der Waals surface area contributed by atoms with Crippen molar-refractivity contribution < 1.29 is 9.59 Å². The average Bonchev–Trinajstić information content (AvgIpc) is 2.68. The number of para-hydroxylation sites is 1. The number of carbonyl (C=O) groups excluding carboxylic acids is 2. The van der Waals surface area contributed by atoms with Crippen LogP contribution in [0.3, 0.4) is 0 Å². The lowest BCUT2D eigenvalue weighted by molar-refractivity contribution is 0.0691. The number of hydrogen-bond acceptors (Lipinski definition) is 3. The summed E-state index contributed by atoms with van der Waals surface area (Å²) < 4.78 is 0. The van der Waals surface area contributed by atoms with Crippen LogP contribution >= 0.6 is 0 Å². The highest BCUT2D eigenvalue weighted by atomic mass is 16.2. The van der Waals surface area contributed by atoms with Crippen LogP contribution < -0.4 is 5.32 Å². The number of benzene rings is 1. The number of pyridine rings is 1. The SMILES string of the molecule is CC1CCN(C(=O)c2cc(C(=O)Nc3ccccc3C(C)(C)C)ccn2)CC1. The van der Waals surface area contributed by atoms with E-state index < -0.39 is 0 Å². The number of aromatic nitrogens is 1. The highest BCUT2D eigenvalue weighted by Crippen LogP contribution is 2.29. The van der Waals surface area contributed by atoms with Gasteiger partial charge in [-0.15, -0.1) is 0 Å². The number of rotatable bonds is 3. The standard InChI is InChI=1S/C23H29N3O2/c1-16-10-13-26(14-11-16)22(28)20-15-17(9-12-24-20)21(27)25-19-8-6-5-7-18(19)23(2,3)4/h5-9,12,15-16H,10-11,13-14H2,1-4H3,(H,25,27). The van der Waals surface area contributed by atoms with Crippen LogP contribution in [0.2, 0.25) is 0 Å². The Bertz CT molecular complexity index is 862. The molecule has 28 heavy (non-hydrogen) atoms. The molecule has 0 saturated carbocycles. The second-order valence-electron chi connectivity index (χ2n) is 8.65. The normalized spacial score (nSPS) is 15.4. The summed E-state index contributed by atoms with van der Waals surface area (Å²) in [5.74, 6) is 0.314. The molecular weight excluding hydrogens is 350 g/mol. The topological polar surface area (TPSA) is 62.3 Å². The van der Waals surface area contributed by atoms with Crippen molar-refractivity contribution in [3.63, 3.8) is 0 Å². The van der Waals surface area contributed by atoms with E-state index in [0.717, 1.165) is 37.2 Å². The summed E-state index contributed by atoms with van der Waals surface area (Å²) in [4.78, 5) is 31.6. The third-order valence-corrected chi connectivity index (χ3v) is 5.30. The number of piperidine rings is 1. The zero-order chi connectivity index (χ0) is 20.3. The molecule has 5 nitrogen and oxygen atoms in total. The first-order valence-corrected chi connectivity index (χ1v) is 9.92. The molecule has 0 radical (unpaired) electrons. The summed E-state index contributed by atoms with van der Waals surface area (Å²) in [6, 6.07) is 11.0. The van der Waals surface area contributed by atoms with Gasteiger partial charge in [-0.3, -0.25) is 14.6 Å². The van der Waals surface area contributed by atoms with Gasteiger partial charge in [0, 0.05) is 30.5 Å². The molecule has 1 aromatic carbocycles. The van der Waals surface area contributed by atoms with Gasteiger partial charge in [0.15, 0.2) is 0 Å². The van der Waals surface area contributed by atoms with E-state index >= 15 is 0 Å². The number of anilines is 1. The number of hydrogen-bond donors (Lipinski definition) is 1. The van der Waals surface area contributed by atoms with Crippen molar-refractivity contribution in [3.8, 4) is 0 Å². The Morgan fingerprint density at radius 1 is 1.11 bits per heavy atom. The Balaban J connectivity index is 1.77. The molecule has 1 saturated heterocycles. The molecule has 3 rings (SSSR count). The minimum Gasteiger partial charge on any atom is -0.337 e. The first-order chi connectivity index (χ1) is 13.3. The number of amides is 2.